The van der Waals surface area contributed by atoms with E-state index in [-0.39, 0.29) is 5.69 Å². The second kappa shape index (κ2) is 10.3. The minimum atomic E-state index is -4.65. The fraction of sp³-hybridized carbons (Fsp3) is 0.167. The summed E-state index contributed by atoms with van der Waals surface area (Å²) >= 11 is 5.63. The zero-order valence-corrected chi connectivity index (χ0v) is 20.6. The summed E-state index contributed by atoms with van der Waals surface area (Å²) in [5.41, 5.74) is 2.48. The molecule has 2 aromatic carbocycles. The third-order valence-electron chi connectivity index (χ3n) is 5.20. The van der Waals surface area contributed by atoms with E-state index < -0.39 is 22.8 Å². The fourth-order valence-electron chi connectivity index (χ4n) is 3.30. The van der Waals surface area contributed by atoms with E-state index in [1.165, 1.54) is 6.07 Å². The molecule has 2 aromatic heterocycles. The van der Waals surface area contributed by atoms with Gasteiger partial charge in [0.25, 0.3) is 0 Å². The Balaban J connectivity index is 1.47. The average Bonchev–Trinajstić information content (AvgIpc) is 3.23. The number of halogens is 4. The lowest BCUT2D eigenvalue weighted by Gasteiger charge is -2.14. The summed E-state index contributed by atoms with van der Waals surface area (Å²) in [7, 11) is 0. The van der Waals surface area contributed by atoms with Crippen LogP contribution in [0.3, 0.4) is 0 Å². The quantitative estimate of drug-likeness (QED) is 0.184. The highest BCUT2D eigenvalue weighted by Crippen LogP contribution is 2.36. The lowest BCUT2D eigenvalue weighted by atomic mass is 10.2. The molecule has 192 valence electrons. The number of hydrogen-bond acceptors (Lipinski definition) is 6. The molecule has 0 spiro atoms. The SMILES string of the molecule is Cc1cc(Nc2nc(Nc3cc(NC(=O)Nc4ccc(Cl)c(C(F)(F)F)c4)ccc3C)ncc2C)n[nH]1. The standard InChI is InChI=1S/C24H22ClF3N8O/c1-12-4-5-16(31-23(37)30-15-6-7-18(25)17(9-15)24(26,27)28)10-19(12)32-22-29-11-13(2)21(34-22)33-20-8-14(3)35-36-20/h4-11H,1-3H3,(H2,30,31,37)(H3,29,32,33,34,35,36). The van der Waals surface area contributed by atoms with Gasteiger partial charge in [0.05, 0.1) is 10.6 Å². The summed E-state index contributed by atoms with van der Waals surface area (Å²) in [6.45, 7) is 5.61. The average molecular weight is 531 g/mol. The van der Waals surface area contributed by atoms with Crippen molar-refractivity contribution in [1.82, 2.24) is 20.2 Å². The van der Waals surface area contributed by atoms with Crippen molar-refractivity contribution in [1.29, 1.82) is 0 Å². The van der Waals surface area contributed by atoms with Gasteiger partial charge in [0, 0.05) is 40.6 Å². The van der Waals surface area contributed by atoms with Gasteiger partial charge >= 0.3 is 12.2 Å². The number of nitrogens with one attached hydrogen (secondary N) is 5. The van der Waals surface area contributed by atoms with Crippen LogP contribution in [0.2, 0.25) is 5.02 Å². The molecule has 4 rings (SSSR count). The molecule has 9 nitrogen and oxygen atoms in total. The van der Waals surface area contributed by atoms with Gasteiger partial charge < -0.3 is 21.3 Å². The number of amides is 2. The molecule has 0 saturated carbocycles. The number of carbonyl (C=O) groups excluding carboxylic acids is 1. The Morgan fingerprint density at radius 2 is 1.65 bits per heavy atom. The van der Waals surface area contributed by atoms with Crippen LogP contribution < -0.4 is 21.3 Å². The Labute approximate surface area is 214 Å². The maximum Gasteiger partial charge on any atom is 0.417 e. The summed E-state index contributed by atoms with van der Waals surface area (Å²) < 4.78 is 39.3. The molecule has 0 bridgehead atoms. The molecular weight excluding hydrogens is 509 g/mol. The monoisotopic (exact) mass is 530 g/mol. The summed E-state index contributed by atoms with van der Waals surface area (Å²) in [6, 6.07) is 9.33. The van der Waals surface area contributed by atoms with Gasteiger partial charge in [0.15, 0.2) is 5.82 Å². The number of anilines is 6. The van der Waals surface area contributed by atoms with Gasteiger partial charge in [-0.15, -0.1) is 0 Å². The number of hydrogen-bond donors (Lipinski definition) is 5. The molecule has 37 heavy (non-hydrogen) atoms. The van der Waals surface area contributed by atoms with Crippen LogP contribution in [0.15, 0.2) is 48.7 Å². The number of rotatable bonds is 6. The Hall–Kier alpha value is -4.32. The predicted octanol–water partition coefficient (Wildman–Crippen LogP) is 6.93. The van der Waals surface area contributed by atoms with E-state index in [9.17, 15) is 18.0 Å². The Bertz CT molecular complexity index is 1450. The molecule has 0 aliphatic rings. The molecule has 0 aliphatic carbocycles. The van der Waals surface area contributed by atoms with Gasteiger partial charge in [-0.05, 0) is 56.7 Å². The molecule has 0 fully saturated rings. The highest BCUT2D eigenvalue weighted by Gasteiger charge is 2.33. The van der Waals surface area contributed by atoms with Crippen LogP contribution >= 0.6 is 11.6 Å². The zero-order valence-electron chi connectivity index (χ0n) is 19.9. The van der Waals surface area contributed by atoms with E-state index in [4.69, 9.17) is 11.6 Å². The van der Waals surface area contributed by atoms with Crippen molar-refractivity contribution in [3.05, 3.63) is 76.1 Å². The van der Waals surface area contributed by atoms with Crippen molar-refractivity contribution >= 4 is 52.3 Å². The molecule has 0 radical (unpaired) electrons. The molecule has 0 aliphatic heterocycles. The van der Waals surface area contributed by atoms with E-state index in [1.54, 1.807) is 24.4 Å². The molecule has 5 N–H and O–H groups in total. The summed E-state index contributed by atoms with van der Waals surface area (Å²) in [5.74, 6) is 1.49. The predicted molar refractivity (Wildman–Crippen MR) is 137 cm³/mol. The van der Waals surface area contributed by atoms with Crippen molar-refractivity contribution < 1.29 is 18.0 Å². The van der Waals surface area contributed by atoms with Crippen molar-refractivity contribution in [3.8, 4) is 0 Å². The van der Waals surface area contributed by atoms with Crippen LogP contribution in [0.5, 0.6) is 0 Å². The summed E-state index contributed by atoms with van der Waals surface area (Å²) in [4.78, 5) is 21.3. The Morgan fingerprint density at radius 1 is 0.946 bits per heavy atom. The van der Waals surface area contributed by atoms with Crippen molar-refractivity contribution in [3.63, 3.8) is 0 Å². The normalized spacial score (nSPS) is 11.2. The molecular formula is C24H22ClF3N8O. The second-order valence-corrected chi connectivity index (χ2v) is 8.62. The zero-order chi connectivity index (χ0) is 26.7. The second-order valence-electron chi connectivity index (χ2n) is 8.21. The van der Waals surface area contributed by atoms with E-state index in [0.29, 0.717) is 29.0 Å². The van der Waals surface area contributed by atoms with E-state index >= 15 is 0 Å². The Morgan fingerprint density at radius 3 is 2.32 bits per heavy atom. The molecule has 0 atom stereocenters. The largest absolute Gasteiger partial charge is 0.417 e. The van der Waals surface area contributed by atoms with Crippen LogP contribution in [0.4, 0.5) is 52.6 Å². The number of aryl methyl sites for hydroxylation is 3. The minimum Gasteiger partial charge on any atom is -0.324 e. The van der Waals surface area contributed by atoms with E-state index in [2.05, 4.69) is 41.4 Å². The number of aromatic nitrogens is 4. The fourth-order valence-corrected chi connectivity index (χ4v) is 3.53. The van der Waals surface area contributed by atoms with Crippen LogP contribution in [0.25, 0.3) is 0 Å². The first-order chi connectivity index (χ1) is 17.5. The van der Waals surface area contributed by atoms with E-state index in [1.807, 2.05) is 26.8 Å². The smallest absolute Gasteiger partial charge is 0.324 e. The first-order valence-corrected chi connectivity index (χ1v) is 11.3. The number of urea groups is 1. The van der Waals surface area contributed by atoms with Crippen LogP contribution in [0.1, 0.15) is 22.4 Å². The number of aromatic amines is 1. The lowest BCUT2D eigenvalue weighted by Crippen LogP contribution is -2.20. The van der Waals surface area contributed by atoms with Crippen molar-refractivity contribution in [2.24, 2.45) is 0 Å². The molecule has 0 saturated heterocycles. The first kappa shape index (κ1) is 25.8. The number of carbonyl (C=O) groups is 1. The van der Waals surface area contributed by atoms with Gasteiger partial charge in [-0.1, -0.05) is 17.7 Å². The highest BCUT2D eigenvalue weighted by molar-refractivity contribution is 6.31. The molecule has 2 amide bonds. The van der Waals surface area contributed by atoms with Crippen molar-refractivity contribution in [2.45, 2.75) is 26.9 Å². The number of H-pyrrole nitrogens is 1. The first-order valence-electron chi connectivity index (χ1n) is 10.9. The molecule has 0 unspecified atom stereocenters. The maximum atomic E-state index is 13.1. The summed E-state index contributed by atoms with van der Waals surface area (Å²) in [5, 5.41) is 17.8. The molecule has 2 heterocycles. The van der Waals surface area contributed by atoms with Crippen molar-refractivity contribution in [2.75, 3.05) is 21.3 Å². The highest BCUT2D eigenvalue weighted by atomic mass is 35.5. The number of nitrogens with zero attached hydrogens (tertiary/aromatic N) is 3. The minimum absolute atomic E-state index is 0.0557. The van der Waals surface area contributed by atoms with Gasteiger partial charge in [-0.25, -0.2) is 9.78 Å². The topological polar surface area (TPSA) is 120 Å². The van der Waals surface area contributed by atoms with Gasteiger partial charge in [0.1, 0.15) is 5.82 Å². The lowest BCUT2D eigenvalue weighted by molar-refractivity contribution is -0.137. The maximum absolute atomic E-state index is 13.1. The third-order valence-corrected chi connectivity index (χ3v) is 5.53. The van der Waals surface area contributed by atoms with Crippen LogP contribution in [0, 0.1) is 20.8 Å². The molecule has 13 heteroatoms. The Kier molecular flexibility index (Phi) is 7.21. The van der Waals surface area contributed by atoms with Gasteiger partial charge in [-0.3, -0.25) is 5.10 Å². The third kappa shape index (κ3) is 6.47. The van der Waals surface area contributed by atoms with Gasteiger partial charge in [0.2, 0.25) is 5.95 Å². The van der Waals surface area contributed by atoms with Gasteiger partial charge in [-0.2, -0.15) is 23.3 Å². The van der Waals surface area contributed by atoms with Crippen LogP contribution in [-0.4, -0.2) is 26.2 Å². The van der Waals surface area contributed by atoms with E-state index in [0.717, 1.165) is 29.0 Å². The molecule has 4 aromatic rings. The number of alkyl halides is 3. The van der Waals surface area contributed by atoms with Crippen LogP contribution in [-0.2, 0) is 6.18 Å². The number of benzene rings is 2. The summed E-state index contributed by atoms with van der Waals surface area (Å²) in [6.07, 6.45) is -2.99.